The summed E-state index contributed by atoms with van der Waals surface area (Å²) in [4.78, 5) is 14.9. The molecule has 0 atom stereocenters. The van der Waals surface area contributed by atoms with E-state index in [4.69, 9.17) is 9.84 Å². The molecule has 0 bridgehead atoms. The highest BCUT2D eigenvalue weighted by molar-refractivity contribution is 5.61. The van der Waals surface area contributed by atoms with E-state index in [0.29, 0.717) is 35.6 Å². The second-order valence-corrected chi connectivity index (χ2v) is 4.90. The van der Waals surface area contributed by atoms with Crippen LogP contribution in [0.4, 0.5) is 4.39 Å². The van der Waals surface area contributed by atoms with Crippen molar-refractivity contribution < 1.29 is 14.2 Å². The summed E-state index contributed by atoms with van der Waals surface area (Å²) >= 11 is 0. The maximum absolute atomic E-state index is 13.3. The molecule has 22 heavy (non-hydrogen) atoms. The first-order valence-electron chi connectivity index (χ1n) is 6.92. The lowest BCUT2D eigenvalue weighted by Crippen LogP contribution is -2.09. The minimum absolute atomic E-state index is 0.0532. The Morgan fingerprint density at radius 2 is 2.14 bits per heavy atom. The smallest absolute Gasteiger partial charge is 0.272 e. The molecule has 0 amide bonds. The monoisotopic (exact) mass is 302 g/mol. The molecule has 5 nitrogen and oxygen atoms in total. The molecule has 0 saturated heterocycles. The van der Waals surface area contributed by atoms with E-state index in [1.807, 2.05) is 0 Å². The van der Waals surface area contributed by atoms with Crippen molar-refractivity contribution in [1.82, 2.24) is 9.38 Å². The number of ether oxygens (including phenoxy) is 1. The zero-order valence-corrected chi connectivity index (χ0v) is 11.8. The number of benzene rings is 1. The van der Waals surface area contributed by atoms with Gasteiger partial charge in [-0.3, -0.25) is 4.79 Å². The van der Waals surface area contributed by atoms with Crippen molar-refractivity contribution in [3.63, 3.8) is 0 Å². The zero-order chi connectivity index (χ0) is 15.5. The van der Waals surface area contributed by atoms with Crippen molar-refractivity contribution >= 4 is 5.52 Å². The molecular weight excluding hydrogens is 287 g/mol. The van der Waals surface area contributed by atoms with Gasteiger partial charge < -0.3 is 19.2 Å². The Morgan fingerprint density at radius 3 is 2.91 bits per heavy atom. The number of aliphatic hydroxyl groups excluding tert-OH is 1. The molecule has 0 radical (unpaired) electrons. The summed E-state index contributed by atoms with van der Waals surface area (Å²) in [6, 6.07) is 7.66. The number of fused-ring (bicyclic) bond motifs is 1. The van der Waals surface area contributed by atoms with Crippen LogP contribution in [0.25, 0.3) is 16.8 Å². The third kappa shape index (κ3) is 2.87. The number of H-pyrrole nitrogens is 1. The second-order valence-electron chi connectivity index (χ2n) is 4.90. The highest BCUT2D eigenvalue weighted by Gasteiger charge is 2.08. The molecule has 0 saturated carbocycles. The molecule has 114 valence electrons. The molecule has 2 aromatic heterocycles. The first kappa shape index (κ1) is 14.3. The van der Waals surface area contributed by atoms with Gasteiger partial charge in [0, 0.05) is 30.9 Å². The molecule has 6 heteroatoms. The fraction of sp³-hybridized carbons (Fsp3) is 0.188. The Bertz CT molecular complexity index is 854. The molecule has 0 aliphatic heterocycles. The molecule has 0 spiro atoms. The maximum atomic E-state index is 13.3. The maximum Gasteiger partial charge on any atom is 0.272 e. The molecule has 2 N–H and O–H groups in total. The number of hydrogen-bond donors (Lipinski definition) is 2. The van der Waals surface area contributed by atoms with E-state index in [-0.39, 0.29) is 18.0 Å². The van der Waals surface area contributed by atoms with Crippen LogP contribution in [0.1, 0.15) is 6.42 Å². The van der Waals surface area contributed by atoms with Crippen molar-refractivity contribution in [2.24, 2.45) is 0 Å². The van der Waals surface area contributed by atoms with Crippen LogP contribution >= 0.6 is 0 Å². The van der Waals surface area contributed by atoms with Crippen molar-refractivity contribution in [3.05, 3.63) is 58.9 Å². The Labute approximate surface area is 125 Å². The van der Waals surface area contributed by atoms with Crippen molar-refractivity contribution in [3.8, 4) is 17.0 Å². The number of aliphatic hydroxyl groups is 1. The quantitative estimate of drug-likeness (QED) is 0.710. The molecule has 0 aliphatic carbocycles. The van der Waals surface area contributed by atoms with E-state index in [2.05, 4.69) is 4.98 Å². The van der Waals surface area contributed by atoms with Crippen LogP contribution in [-0.4, -0.2) is 27.7 Å². The Balaban J connectivity index is 1.99. The highest BCUT2D eigenvalue weighted by Crippen LogP contribution is 2.20. The molecule has 0 unspecified atom stereocenters. The van der Waals surface area contributed by atoms with Gasteiger partial charge in [-0.25, -0.2) is 4.39 Å². The zero-order valence-electron chi connectivity index (χ0n) is 11.8. The molecule has 3 aromatic rings. The number of nitrogens with zero attached hydrogens (tertiary/aromatic N) is 1. The molecule has 1 aromatic carbocycles. The second kappa shape index (κ2) is 6.03. The molecule has 0 fully saturated rings. The molecule has 2 heterocycles. The minimum atomic E-state index is -0.362. The summed E-state index contributed by atoms with van der Waals surface area (Å²) in [5, 5.41) is 8.74. The van der Waals surface area contributed by atoms with Crippen LogP contribution in [0.5, 0.6) is 5.75 Å². The van der Waals surface area contributed by atoms with Gasteiger partial charge in [-0.05, 0) is 12.1 Å². The Morgan fingerprint density at radius 1 is 1.27 bits per heavy atom. The van der Waals surface area contributed by atoms with Crippen LogP contribution in [0.2, 0.25) is 0 Å². The Hall–Kier alpha value is -2.60. The van der Waals surface area contributed by atoms with Gasteiger partial charge in [-0.1, -0.05) is 12.1 Å². The number of nitrogens with one attached hydrogen (secondary N) is 1. The van der Waals surface area contributed by atoms with Crippen LogP contribution in [-0.2, 0) is 0 Å². The average molecular weight is 302 g/mol. The minimum Gasteiger partial charge on any atom is -0.492 e. The van der Waals surface area contributed by atoms with Crippen molar-refractivity contribution in [1.29, 1.82) is 0 Å². The number of aromatic amines is 1. The third-order valence-corrected chi connectivity index (χ3v) is 3.28. The average Bonchev–Trinajstić information content (AvgIpc) is 2.91. The largest absolute Gasteiger partial charge is 0.492 e. The number of halogens is 1. The van der Waals surface area contributed by atoms with Gasteiger partial charge in [0.1, 0.15) is 17.1 Å². The molecule has 3 rings (SSSR count). The van der Waals surface area contributed by atoms with E-state index in [9.17, 15) is 9.18 Å². The van der Waals surface area contributed by atoms with Gasteiger partial charge in [0.25, 0.3) is 5.56 Å². The number of aromatic nitrogens is 2. The van der Waals surface area contributed by atoms with Gasteiger partial charge in [0.05, 0.1) is 18.5 Å². The van der Waals surface area contributed by atoms with Gasteiger partial charge in [-0.2, -0.15) is 0 Å². The fourth-order valence-corrected chi connectivity index (χ4v) is 2.24. The van der Waals surface area contributed by atoms with E-state index < -0.39 is 0 Å². The van der Waals surface area contributed by atoms with Crippen LogP contribution < -0.4 is 10.3 Å². The topological polar surface area (TPSA) is 66.7 Å². The fourth-order valence-electron chi connectivity index (χ4n) is 2.24. The predicted octanol–water partition coefficient (Wildman–Crippen LogP) is 2.19. The lowest BCUT2D eigenvalue weighted by Gasteiger charge is -2.03. The van der Waals surface area contributed by atoms with E-state index in [1.54, 1.807) is 35.0 Å². The highest BCUT2D eigenvalue weighted by atomic mass is 19.1. The van der Waals surface area contributed by atoms with E-state index >= 15 is 0 Å². The predicted molar refractivity (Wildman–Crippen MR) is 80.6 cm³/mol. The van der Waals surface area contributed by atoms with Crippen LogP contribution in [0.3, 0.4) is 0 Å². The molecule has 0 aliphatic rings. The summed E-state index contributed by atoms with van der Waals surface area (Å²) < 4.78 is 20.4. The third-order valence-electron chi connectivity index (χ3n) is 3.28. The summed E-state index contributed by atoms with van der Waals surface area (Å²) in [5.74, 6) is 0.189. The van der Waals surface area contributed by atoms with Gasteiger partial charge in [0.15, 0.2) is 0 Å². The Kier molecular flexibility index (Phi) is 3.93. The van der Waals surface area contributed by atoms with Gasteiger partial charge >= 0.3 is 0 Å². The number of hydrogen-bond acceptors (Lipinski definition) is 3. The van der Waals surface area contributed by atoms with Crippen LogP contribution in [0, 0.1) is 5.82 Å². The normalized spacial score (nSPS) is 11.0. The SMILES string of the molecule is O=c1[nH]c(-c2cccc(F)c2)cn2cc(OCCCO)cc12. The van der Waals surface area contributed by atoms with Gasteiger partial charge in [-0.15, -0.1) is 0 Å². The summed E-state index contributed by atoms with van der Waals surface area (Å²) in [6.07, 6.45) is 3.92. The van der Waals surface area contributed by atoms with Crippen molar-refractivity contribution in [2.45, 2.75) is 6.42 Å². The summed E-state index contributed by atoms with van der Waals surface area (Å²) in [5.41, 5.74) is 1.28. The first-order chi connectivity index (χ1) is 10.7. The lowest BCUT2D eigenvalue weighted by atomic mass is 10.1. The van der Waals surface area contributed by atoms with Crippen LogP contribution in [0.15, 0.2) is 47.5 Å². The summed E-state index contributed by atoms with van der Waals surface area (Å²) in [7, 11) is 0. The standard InChI is InChI=1S/C16H15FN2O3/c17-12-4-1-3-11(7-12)14-10-19-9-13(22-6-2-5-20)8-15(19)16(21)18-14/h1,3-4,7-10,20H,2,5-6H2,(H,18,21). The van der Waals surface area contributed by atoms with E-state index in [0.717, 1.165) is 0 Å². The first-order valence-corrected chi connectivity index (χ1v) is 6.92. The van der Waals surface area contributed by atoms with Crippen molar-refractivity contribution in [2.75, 3.05) is 13.2 Å². The molecular formula is C16H15FN2O3. The van der Waals surface area contributed by atoms with E-state index in [1.165, 1.54) is 12.1 Å². The lowest BCUT2D eigenvalue weighted by molar-refractivity contribution is 0.233. The van der Waals surface area contributed by atoms with Gasteiger partial charge in [0.2, 0.25) is 0 Å². The number of rotatable bonds is 5. The summed E-state index contributed by atoms with van der Waals surface area (Å²) in [6.45, 7) is 0.430.